The van der Waals surface area contributed by atoms with Crippen molar-refractivity contribution < 1.29 is 19.8 Å². The first kappa shape index (κ1) is 21.1. The van der Waals surface area contributed by atoms with Gasteiger partial charge in [-0.25, -0.2) is 9.59 Å². The van der Waals surface area contributed by atoms with Crippen LogP contribution in [0.4, 0.5) is 0 Å². The average molecular weight is 521 g/mol. The first-order valence-corrected chi connectivity index (χ1v) is 13.2. The number of hydrogen-bond acceptors (Lipinski definition) is 8. The van der Waals surface area contributed by atoms with E-state index < -0.39 is 11.9 Å². The zero-order valence-corrected chi connectivity index (χ0v) is 20.3. The lowest BCUT2D eigenvalue weighted by molar-refractivity contribution is 0.0691. The Morgan fingerprint density at radius 2 is 1.00 bits per heavy atom. The van der Waals surface area contributed by atoms with E-state index in [1.54, 1.807) is 47.2 Å². The number of nitrogens with zero attached hydrogens (tertiary/aromatic N) is 2. The molecule has 6 aromatic rings. The quantitative estimate of drug-likeness (QED) is 0.245. The summed E-state index contributed by atoms with van der Waals surface area (Å²) < 4.78 is 3.83. The van der Waals surface area contributed by atoms with Gasteiger partial charge in [0.2, 0.25) is 0 Å². The fourth-order valence-electron chi connectivity index (χ4n) is 3.61. The van der Waals surface area contributed by atoms with Crippen molar-refractivity contribution in [3.8, 4) is 32.3 Å². The van der Waals surface area contributed by atoms with Gasteiger partial charge in [-0.1, -0.05) is 0 Å². The van der Waals surface area contributed by atoms with Crippen molar-refractivity contribution >= 4 is 76.1 Å². The van der Waals surface area contributed by atoms with Crippen LogP contribution < -0.4 is 0 Å². The van der Waals surface area contributed by atoms with E-state index in [0.29, 0.717) is 9.75 Å². The summed E-state index contributed by atoms with van der Waals surface area (Å²) in [4.78, 5) is 34.2. The molecule has 6 rings (SSSR count). The predicted molar refractivity (Wildman–Crippen MR) is 139 cm³/mol. The number of aromatic nitrogens is 2. The van der Waals surface area contributed by atoms with Crippen LogP contribution in [-0.2, 0) is 0 Å². The fraction of sp³-hybridized carbons (Fsp3) is 0. The molecule has 34 heavy (non-hydrogen) atoms. The molecule has 0 atom stereocenters. The first-order valence-electron chi connectivity index (χ1n) is 9.91. The molecule has 0 bridgehead atoms. The van der Waals surface area contributed by atoms with Crippen LogP contribution in [0.5, 0.6) is 0 Å². The van der Waals surface area contributed by atoms with Gasteiger partial charge >= 0.3 is 11.9 Å². The number of hydrogen-bond donors (Lipinski definition) is 2. The highest BCUT2D eigenvalue weighted by Gasteiger charge is 2.15. The van der Waals surface area contributed by atoms with E-state index in [2.05, 4.69) is 9.97 Å². The van der Waals surface area contributed by atoms with E-state index in [-0.39, 0.29) is 0 Å². The van der Waals surface area contributed by atoms with E-state index >= 15 is 0 Å². The first-order chi connectivity index (χ1) is 16.4. The lowest BCUT2D eigenvalue weighted by Crippen LogP contribution is -1.89. The summed E-state index contributed by atoms with van der Waals surface area (Å²) in [5.41, 5.74) is 3.49. The Morgan fingerprint density at radius 1 is 0.588 bits per heavy atom. The van der Waals surface area contributed by atoms with Crippen molar-refractivity contribution in [2.75, 3.05) is 0 Å². The molecule has 0 spiro atoms. The molecule has 0 saturated carbocycles. The molecule has 0 radical (unpaired) electrons. The second kappa shape index (κ2) is 8.10. The molecule has 0 fully saturated rings. The number of carboxylic acid groups (broad SMARTS) is 2. The maximum absolute atomic E-state index is 11.2. The van der Waals surface area contributed by atoms with Crippen LogP contribution in [-0.4, -0.2) is 32.1 Å². The van der Waals surface area contributed by atoms with E-state index in [0.717, 1.165) is 51.1 Å². The summed E-state index contributed by atoms with van der Waals surface area (Å²) in [5.74, 6) is -1.81. The summed E-state index contributed by atoms with van der Waals surface area (Å²) >= 11 is 5.67. The summed E-state index contributed by atoms with van der Waals surface area (Å²) in [6.45, 7) is 0. The SMILES string of the molecule is O=C(O)c1cc2sc(-c3ccnc(-c4cc(-c5cc6sc(C(=O)O)cc6s5)ccn4)c3)cc2s1. The standard InChI is InChI=1S/C24H12N2O4S4/c27-23(28)21-9-19-17(33-21)7-15(31-19)11-1-3-25-13(5-11)14-6-12(2-4-26-14)16-8-18-20(32-16)10-22(34-18)24(29)30/h1-10H,(H,27,28)(H,29,30). The summed E-state index contributed by atoms with van der Waals surface area (Å²) in [7, 11) is 0. The summed E-state index contributed by atoms with van der Waals surface area (Å²) in [6.07, 6.45) is 3.51. The Kier molecular flexibility index (Phi) is 5.03. The molecular weight excluding hydrogens is 509 g/mol. The minimum absolute atomic E-state index is 0.344. The van der Waals surface area contributed by atoms with Crippen molar-refractivity contribution in [1.82, 2.24) is 9.97 Å². The summed E-state index contributed by atoms with van der Waals surface area (Å²) in [5, 5.41) is 18.4. The van der Waals surface area contributed by atoms with Gasteiger partial charge in [0.1, 0.15) is 9.75 Å². The Balaban J connectivity index is 1.34. The normalized spacial score (nSPS) is 11.4. The zero-order valence-electron chi connectivity index (χ0n) is 17.0. The smallest absolute Gasteiger partial charge is 0.345 e. The summed E-state index contributed by atoms with van der Waals surface area (Å²) in [6, 6.07) is 15.3. The molecule has 0 aliphatic heterocycles. The lowest BCUT2D eigenvalue weighted by atomic mass is 10.1. The molecule has 6 nitrogen and oxygen atoms in total. The van der Waals surface area contributed by atoms with Gasteiger partial charge in [-0.3, -0.25) is 9.97 Å². The van der Waals surface area contributed by atoms with E-state index in [1.165, 1.54) is 22.7 Å². The number of aromatic carboxylic acids is 2. The Labute approximate surface area is 208 Å². The molecule has 2 N–H and O–H groups in total. The van der Waals surface area contributed by atoms with Crippen molar-refractivity contribution in [2.24, 2.45) is 0 Å². The largest absolute Gasteiger partial charge is 0.477 e. The molecular formula is C24H12N2O4S4. The Bertz CT molecular complexity index is 1550. The van der Waals surface area contributed by atoms with E-state index in [1.807, 2.05) is 36.4 Å². The van der Waals surface area contributed by atoms with Gasteiger partial charge in [0.05, 0.1) is 11.4 Å². The molecule has 6 aromatic heterocycles. The third kappa shape index (κ3) is 3.70. The predicted octanol–water partition coefficient (Wildman–Crippen LogP) is 7.43. The zero-order chi connectivity index (χ0) is 23.4. The molecule has 166 valence electrons. The minimum Gasteiger partial charge on any atom is -0.477 e. The molecule has 0 unspecified atom stereocenters. The van der Waals surface area contributed by atoms with Gasteiger partial charge < -0.3 is 10.2 Å². The van der Waals surface area contributed by atoms with Crippen LogP contribution >= 0.6 is 45.3 Å². The van der Waals surface area contributed by atoms with Crippen molar-refractivity contribution in [3.63, 3.8) is 0 Å². The molecule has 0 amide bonds. The van der Waals surface area contributed by atoms with Crippen molar-refractivity contribution in [3.05, 3.63) is 70.7 Å². The Hall–Kier alpha value is -3.44. The molecule has 6 heterocycles. The maximum atomic E-state index is 11.2. The van der Waals surface area contributed by atoms with Crippen molar-refractivity contribution in [2.45, 2.75) is 0 Å². The highest BCUT2D eigenvalue weighted by Crippen LogP contribution is 2.40. The van der Waals surface area contributed by atoms with Crippen molar-refractivity contribution in [1.29, 1.82) is 0 Å². The highest BCUT2D eigenvalue weighted by atomic mass is 32.1. The van der Waals surface area contributed by atoms with Gasteiger partial charge in [-0.15, -0.1) is 45.3 Å². The second-order valence-electron chi connectivity index (χ2n) is 7.37. The van der Waals surface area contributed by atoms with Crippen LogP contribution in [0.15, 0.2) is 60.9 Å². The number of rotatable bonds is 5. The highest BCUT2D eigenvalue weighted by molar-refractivity contribution is 7.30. The monoisotopic (exact) mass is 520 g/mol. The van der Waals surface area contributed by atoms with Gasteiger partial charge in [-0.05, 0) is 59.7 Å². The van der Waals surface area contributed by atoms with Crippen LogP contribution in [0.25, 0.3) is 51.1 Å². The number of pyridine rings is 2. The van der Waals surface area contributed by atoms with Gasteiger partial charge in [-0.2, -0.15) is 0 Å². The molecule has 10 heteroatoms. The van der Waals surface area contributed by atoms with E-state index in [4.69, 9.17) is 0 Å². The maximum Gasteiger partial charge on any atom is 0.345 e. The van der Waals surface area contributed by atoms with Crippen LogP contribution in [0.2, 0.25) is 0 Å². The Morgan fingerprint density at radius 3 is 1.38 bits per heavy atom. The number of thiophene rings is 4. The topological polar surface area (TPSA) is 100 Å². The molecule has 0 aliphatic carbocycles. The van der Waals surface area contributed by atoms with Gasteiger partial charge in [0.15, 0.2) is 0 Å². The van der Waals surface area contributed by atoms with E-state index in [9.17, 15) is 19.8 Å². The van der Waals surface area contributed by atoms with Crippen LogP contribution in [0, 0.1) is 0 Å². The van der Waals surface area contributed by atoms with Gasteiger partial charge in [0.25, 0.3) is 0 Å². The fourth-order valence-corrected chi connectivity index (χ4v) is 8.08. The van der Waals surface area contributed by atoms with Gasteiger partial charge in [0, 0.05) is 40.9 Å². The number of carbonyl (C=O) groups is 2. The lowest BCUT2D eigenvalue weighted by Gasteiger charge is -2.05. The third-order valence-electron chi connectivity index (χ3n) is 5.19. The van der Waals surface area contributed by atoms with Crippen LogP contribution in [0.1, 0.15) is 19.3 Å². The minimum atomic E-state index is -0.903. The second-order valence-corrected chi connectivity index (χ2v) is 11.7. The molecule has 0 saturated heterocycles. The van der Waals surface area contributed by atoms with Crippen LogP contribution in [0.3, 0.4) is 0 Å². The third-order valence-corrected chi connectivity index (χ3v) is 9.85. The molecule has 0 aromatic carbocycles. The molecule has 0 aliphatic rings. The number of carboxylic acids is 2. The number of fused-ring (bicyclic) bond motifs is 2. The average Bonchev–Trinajstić information content (AvgIpc) is 3.57.